The molecular formula is H6AlMgNaO6. The molecule has 0 fully saturated rings. The summed E-state index contributed by atoms with van der Waals surface area (Å²) < 4.78 is 0. The van der Waals surface area contributed by atoms with Crippen molar-refractivity contribution in [1.29, 1.82) is 0 Å². The summed E-state index contributed by atoms with van der Waals surface area (Å²) in [6, 6.07) is 0. The summed E-state index contributed by atoms with van der Waals surface area (Å²) in [5.74, 6) is 0. The molecule has 0 aromatic rings. The van der Waals surface area contributed by atoms with Crippen LogP contribution in [0.4, 0.5) is 0 Å². The Balaban J connectivity index is 0. The summed E-state index contributed by atoms with van der Waals surface area (Å²) in [6.45, 7) is 0. The van der Waals surface area contributed by atoms with Crippen LogP contribution in [0.3, 0.4) is 0 Å². The third kappa shape index (κ3) is 154. The first-order chi connectivity index (χ1) is 0. The van der Waals surface area contributed by atoms with Crippen molar-refractivity contribution in [1.82, 2.24) is 0 Å². The Morgan fingerprint density at radius 3 is 0.444 bits per heavy atom. The molecule has 0 spiro atoms. The van der Waals surface area contributed by atoms with Gasteiger partial charge in [-0.15, -0.1) is 0 Å². The summed E-state index contributed by atoms with van der Waals surface area (Å²) in [7, 11) is 0. The number of rotatable bonds is 0. The second kappa shape index (κ2) is 195. The van der Waals surface area contributed by atoms with Gasteiger partial charge in [-0.05, 0) is 0 Å². The van der Waals surface area contributed by atoms with E-state index in [0.717, 1.165) is 0 Å². The molecule has 0 aliphatic heterocycles. The van der Waals surface area contributed by atoms with Crippen LogP contribution in [0.2, 0.25) is 0 Å². The third-order valence-corrected chi connectivity index (χ3v) is 0. The predicted molar refractivity (Wildman–Crippen MR) is 23.1 cm³/mol. The maximum absolute atomic E-state index is 0. The smallest absolute Gasteiger partial charge is 0.870 e. The van der Waals surface area contributed by atoms with Crippen LogP contribution in [0.25, 0.3) is 0 Å². The Bertz CT molecular complexity index is 13.0. The van der Waals surface area contributed by atoms with Gasteiger partial charge in [0.25, 0.3) is 0 Å². The van der Waals surface area contributed by atoms with Gasteiger partial charge in [0.2, 0.25) is 0 Å². The second-order valence-electron chi connectivity index (χ2n) is 0. The maximum atomic E-state index is 0. The van der Waals surface area contributed by atoms with Gasteiger partial charge in [-0.3, -0.25) is 0 Å². The van der Waals surface area contributed by atoms with E-state index < -0.39 is 0 Å². The van der Waals surface area contributed by atoms with E-state index in [0.29, 0.717) is 0 Å². The Kier molecular flexibility index (Phi) is 5710. The molecule has 0 aromatic carbocycles. The van der Waals surface area contributed by atoms with Gasteiger partial charge in [0.05, 0.1) is 0 Å². The molecule has 6 nitrogen and oxygen atoms in total. The molecule has 48 valence electrons. The Morgan fingerprint density at radius 1 is 0.444 bits per heavy atom. The van der Waals surface area contributed by atoms with E-state index in [4.69, 9.17) is 0 Å². The van der Waals surface area contributed by atoms with Crippen molar-refractivity contribution >= 4 is 40.4 Å². The Morgan fingerprint density at radius 2 is 0.444 bits per heavy atom. The van der Waals surface area contributed by atoms with Crippen molar-refractivity contribution in [3.63, 3.8) is 0 Å². The van der Waals surface area contributed by atoms with Gasteiger partial charge in [-0.25, -0.2) is 0 Å². The molecule has 0 saturated heterocycles. The van der Waals surface area contributed by atoms with Gasteiger partial charge in [0.1, 0.15) is 0 Å². The van der Waals surface area contributed by atoms with Crippen LogP contribution >= 0.6 is 0 Å². The molecule has 0 radical (unpaired) electrons. The summed E-state index contributed by atoms with van der Waals surface area (Å²) in [5, 5.41) is 0. The van der Waals surface area contributed by atoms with Gasteiger partial charge >= 0.3 is 70.0 Å². The van der Waals surface area contributed by atoms with Crippen molar-refractivity contribution in [3.8, 4) is 0 Å². The minimum Gasteiger partial charge on any atom is -0.870 e. The molecule has 0 saturated carbocycles. The zero-order valence-electron chi connectivity index (χ0n) is 4.97. The average molecular weight is 176 g/mol. The van der Waals surface area contributed by atoms with Crippen LogP contribution in [0.15, 0.2) is 0 Å². The van der Waals surface area contributed by atoms with Crippen LogP contribution in [0.1, 0.15) is 0 Å². The van der Waals surface area contributed by atoms with Gasteiger partial charge in [0.15, 0.2) is 0 Å². The molecule has 6 N–H and O–H groups in total. The molecule has 9 heavy (non-hydrogen) atoms. The molecule has 0 amide bonds. The predicted octanol–water partition coefficient (Wildman–Crippen LogP) is -4.82. The molecule has 0 rings (SSSR count). The summed E-state index contributed by atoms with van der Waals surface area (Å²) in [6.07, 6.45) is 0. The van der Waals surface area contributed by atoms with Crippen LogP contribution in [-0.2, 0) is 0 Å². The molecule has 0 unspecified atom stereocenters. The summed E-state index contributed by atoms with van der Waals surface area (Å²) in [4.78, 5) is 0. The van der Waals surface area contributed by atoms with Gasteiger partial charge in [-0.1, -0.05) is 0 Å². The molecule has 9 heteroatoms. The van der Waals surface area contributed by atoms with Crippen molar-refractivity contribution < 1.29 is 62.4 Å². The van der Waals surface area contributed by atoms with Gasteiger partial charge in [0, 0.05) is 0 Å². The van der Waals surface area contributed by atoms with Crippen molar-refractivity contribution in [2.24, 2.45) is 0 Å². The van der Waals surface area contributed by atoms with Crippen LogP contribution < -0.4 is 29.6 Å². The Hall–Kier alpha value is 2.06. The van der Waals surface area contributed by atoms with E-state index >= 15 is 0 Å². The SMILES string of the molecule is [Al+3].[Mg+2].[Na+].[OH-].[OH-].[OH-].[OH-].[OH-].[OH-]. The minimum atomic E-state index is 0. The first-order valence-electron chi connectivity index (χ1n) is 0. The topological polar surface area (TPSA) is 180 Å². The third-order valence-electron chi connectivity index (χ3n) is 0. The monoisotopic (exact) mass is 176 g/mol. The van der Waals surface area contributed by atoms with E-state index in [1.165, 1.54) is 0 Å². The fourth-order valence-corrected chi connectivity index (χ4v) is 0. The molecule has 0 atom stereocenters. The molecule has 0 aromatic heterocycles. The van der Waals surface area contributed by atoms with Crippen LogP contribution in [0.5, 0.6) is 0 Å². The molecule has 0 aliphatic rings. The van der Waals surface area contributed by atoms with Crippen LogP contribution in [0, 0.1) is 0 Å². The molecule has 0 aliphatic carbocycles. The van der Waals surface area contributed by atoms with Gasteiger partial charge < -0.3 is 32.9 Å². The fourth-order valence-electron chi connectivity index (χ4n) is 0. The zero-order chi connectivity index (χ0) is 0. The first-order valence-corrected chi connectivity index (χ1v) is 0. The van der Waals surface area contributed by atoms with Crippen molar-refractivity contribution in [3.05, 3.63) is 0 Å². The minimum absolute atomic E-state index is 0. The molecule has 0 bridgehead atoms. The number of hydrogen-bond donors (Lipinski definition) is 0. The van der Waals surface area contributed by atoms with E-state index in [1.54, 1.807) is 0 Å². The van der Waals surface area contributed by atoms with E-state index in [1.807, 2.05) is 0 Å². The summed E-state index contributed by atoms with van der Waals surface area (Å²) >= 11 is 0. The first kappa shape index (κ1) is 264. The van der Waals surface area contributed by atoms with Gasteiger partial charge in [-0.2, -0.15) is 0 Å². The maximum Gasteiger partial charge on any atom is 3.00 e. The molecule has 0 heterocycles. The van der Waals surface area contributed by atoms with E-state index in [-0.39, 0.29) is 103 Å². The number of hydrogen-bond acceptors (Lipinski definition) is 6. The summed E-state index contributed by atoms with van der Waals surface area (Å²) in [5.41, 5.74) is 0. The standard InChI is InChI=1S/Al.Mg.Na.6H2O/h;;;6*1H2/q+3;+2;+1;;;;;;/p-6. The normalized spacial score (nSPS) is 0. The largest absolute Gasteiger partial charge is 3.00 e. The van der Waals surface area contributed by atoms with Crippen molar-refractivity contribution in [2.45, 2.75) is 0 Å². The van der Waals surface area contributed by atoms with E-state index in [9.17, 15) is 0 Å². The quantitative estimate of drug-likeness (QED) is 0.333. The van der Waals surface area contributed by atoms with Crippen molar-refractivity contribution in [2.75, 3.05) is 0 Å². The Labute approximate surface area is 102 Å². The molecular weight excluding hydrogens is 170 g/mol. The zero-order valence-corrected chi connectivity index (χ0v) is 9.54. The second-order valence-corrected chi connectivity index (χ2v) is 0. The van der Waals surface area contributed by atoms with E-state index in [2.05, 4.69) is 0 Å². The van der Waals surface area contributed by atoms with Crippen LogP contribution in [-0.4, -0.2) is 73.3 Å². The average Bonchev–Trinajstić information content (AvgIpc) is 0. The fraction of sp³-hybridized carbons (Fsp3) is 0.